The van der Waals surface area contributed by atoms with Crippen LogP contribution in [0.2, 0.25) is 0 Å². The number of aromatic nitrogens is 3. The first-order valence-corrected chi connectivity index (χ1v) is 17.1. The van der Waals surface area contributed by atoms with Crippen LogP contribution < -0.4 is 16.0 Å². The number of hydrogen-bond acceptors (Lipinski definition) is 7. The normalized spacial score (nSPS) is 15.3. The molecule has 2 aromatic heterocycles. The minimum atomic E-state index is -1.03. The second-order valence-corrected chi connectivity index (χ2v) is 12.7. The molecule has 1 aliphatic carbocycles. The fraction of sp³-hybridized carbons (Fsp3) is 0.447. The standard InChI is InChI=1S/C36H44N6O3.C2H4O/c1-5-31-29(32(40-27-12-16-45-17-13-27)30-22-39-42(6-2)33(30)41-31)21-38-35(44)36(14-15-36)34(43)37-20-25-11-10-24(4)28(19-25)26-9-7-8-23(3)18-26;1-2-3/h7-11,18-19,22,27H,5-6,12-17,20-21H2,1-4H3,(H,37,43)(H,38,44)(H,40,41);2H,1H3. The zero-order chi connectivity index (χ0) is 34.3. The van der Waals surface area contributed by atoms with Crippen molar-refractivity contribution in [1.82, 2.24) is 25.4 Å². The van der Waals surface area contributed by atoms with Crippen LogP contribution in [-0.4, -0.2) is 52.1 Å². The summed E-state index contributed by atoms with van der Waals surface area (Å²) in [6.45, 7) is 12.6. The van der Waals surface area contributed by atoms with Gasteiger partial charge in [0.15, 0.2) is 5.65 Å². The lowest BCUT2D eigenvalue weighted by Gasteiger charge is -2.27. The van der Waals surface area contributed by atoms with Gasteiger partial charge in [0.1, 0.15) is 11.7 Å². The molecular weight excluding hydrogens is 604 g/mol. The average Bonchev–Trinajstić information content (AvgIpc) is 3.81. The van der Waals surface area contributed by atoms with Gasteiger partial charge in [0.2, 0.25) is 11.8 Å². The first kappa shape index (κ1) is 34.8. The monoisotopic (exact) mass is 652 g/mol. The number of hydrogen-bond donors (Lipinski definition) is 3. The molecule has 0 atom stereocenters. The van der Waals surface area contributed by atoms with E-state index >= 15 is 0 Å². The Bertz CT molecular complexity index is 1770. The highest BCUT2D eigenvalue weighted by Gasteiger charge is 2.56. The molecule has 0 spiro atoms. The molecule has 1 saturated heterocycles. The van der Waals surface area contributed by atoms with Gasteiger partial charge in [0.05, 0.1) is 17.3 Å². The fourth-order valence-electron chi connectivity index (χ4n) is 6.37. The molecule has 10 heteroatoms. The maximum atomic E-state index is 13.6. The first-order chi connectivity index (χ1) is 23.2. The Kier molecular flexibility index (Phi) is 11.3. The van der Waals surface area contributed by atoms with Gasteiger partial charge in [0, 0.05) is 50.1 Å². The van der Waals surface area contributed by atoms with Crippen molar-refractivity contribution in [3.05, 3.63) is 76.6 Å². The van der Waals surface area contributed by atoms with Crippen LogP contribution in [0.25, 0.3) is 22.2 Å². The van der Waals surface area contributed by atoms with E-state index in [1.54, 1.807) is 0 Å². The van der Waals surface area contributed by atoms with Crippen molar-refractivity contribution in [1.29, 1.82) is 0 Å². The van der Waals surface area contributed by atoms with Gasteiger partial charge in [-0.3, -0.25) is 9.59 Å². The first-order valence-electron chi connectivity index (χ1n) is 17.1. The topological polar surface area (TPSA) is 127 Å². The third kappa shape index (κ3) is 7.59. The highest BCUT2D eigenvalue weighted by Crippen LogP contribution is 2.46. The smallest absolute Gasteiger partial charge is 0.235 e. The number of anilines is 1. The number of rotatable bonds is 11. The van der Waals surface area contributed by atoms with Crippen molar-refractivity contribution in [2.45, 2.75) is 92.4 Å². The van der Waals surface area contributed by atoms with Crippen LogP contribution in [0.4, 0.5) is 5.69 Å². The number of fused-ring (bicyclic) bond motifs is 1. The van der Waals surface area contributed by atoms with Crippen LogP contribution in [0.5, 0.6) is 0 Å². The predicted molar refractivity (Wildman–Crippen MR) is 188 cm³/mol. The van der Waals surface area contributed by atoms with E-state index in [9.17, 15) is 9.59 Å². The summed E-state index contributed by atoms with van der Waals surface area (Å²) in [6.07, 6.45) is 6.24. The van der Waals surface area contributed by atoms with E-state index in [4.69, 9.17) is 14.5 Å². The Morgan fingerprint density at radius 3 is 2.38 bits per heavy atom. The molecule has 2 aromatic carbocycles. The van der Waals surface area contributed by atoms with Gasteiger partial charge in [-0.15, -0.1) is 0 Å². The zero-order valence-corrected chi connectivity index (χ0v) is 28.8. The molecule has 6 rings (SSSR count). The highest BCUT2D eigenvalue weighted by molar-refractivity contribution is 6.08. The Morgan fingerprint density at radius 2 is 1.73 bits per heavy atom. The van der Waals surface area contributed by atoms with E-state index in [0.29, 0.717) is 32.4 Å². The Balaban J connectivity index is 0.00000145. The SMILES string of the molecule is CC=O.CCc1nc2c(cnn2CC)c(NC2CCOCC2)c1CNC(=O)C1(C(=O)NCc2ccc(C)c(-c3cccc(C)c3)c2)CC1. The third-order valence-electron chi connectivity index (χ3n) is 9.31. The summed E-state index contributed by atoms with van der Waals surface area (Å²) >= 11 is 0. The molecule has 254 valence electrons. The summed E-state index contributed by atoms with van der Waals surface area (Å²) in [6, 6.07) is 15.0. The van der Waals surface area contributed by atoms with Crippen molar-refractivity contribution in [3.63, 3.8) is 0 Å². The van der Waals surface area contributed by atoms with Crippen molar-refractivity contribution in [2.75, 3.05) is 18.5 Å². The maximum absolute atomic E-state index is 13.6. The number of aldehydes is 1. The van der Waals surface area contributed by atoms with Crippen LogP contribution >= 0.6 is 0 Å². The highest BCUT2D eigenvalue weighted by atomic mass is 16.5. The molecule has 0 unspecified atom stereocenters. The van der Waals surface area contributed by atoms with Crippen LogP contribution in [0.15, 0.2) is 48.7 Å². The summed E-state index contributed by atoms with van der Waals surface area (Å²) in [4.78, 5) is 40.9. The van der Waals surface area contributed by atoms with Crippen LogP contribution in [0.1, 0.15) is 74.4 Å². The van der Waals surface area contributed by atoms with Gasteiger partial charge in [-0.2, -0.15) is 5.10 Å². The summed E-state index contributed by atoms with van der Waals surface area (Å²) < 4.78 is 7.50. The van der Waals surface area contributed by atoms with Gasteiger partial charge in [0.25, 0.3) is 0 Å². The lowest BCUT2D eigenvalue weighted by Crippen LogP contribution is -2.42. The lowest BCUT2D eigenvalue weighted by atomic mass is 9.97. The zero-order valence-electron chi connectivity index (χ0n) is 28.8. The number of nitrogens with one attached hydrogen (secondary N) is 3. The van der Waals surface area contributed by atoms with E-state index in [1.165, 1.54) is 18.1 Å². The number of nitrogens with zero attached hydrogens (tertiary/aromatic N) is 3. The maximum Gasteiger partial charge on any atom is 0.235 e. The molecule has 1 aliphatic heterocycles. The van der Waals surface area contributed by atoms with Gasteiger partial charge >= 0.3 is 0 Å². The van der Waals surface area contributed by atoms with E-state index in [0.717, 1.165) is 83.6 Å². The predicted octanol–water partition coefficient (Wildman–Crippen LogP) is 5.81. The number of carbonyl (C=O) groups excluding carboxylic acids is 3. The molecule has 3 heterocycles. The number of aryl methyl sites for hydroxylation is 4. The quantitative estimate of drug-likeness (QED) is 0.138. The van der Waals surface area contributed by atoms with Gasteiger partial charge < -0.3 is 25.5 Å². The second kappa shape index (κ2) is 15.6. The third-order valence-corrected chi connectivity index (χ3v) is 9.31. The van der Waals surface area contributed by atoms with Gasteiger partial charge in [-0.05, 0) is 88.1 Å². The summed E-state index contributed by atoms with van der Waals surface area (Å²) in [5.41, 5.74) is 8.37. The Labute approximate surface area is 283 Å². The summed E-state index contributed by atoms with van der Waals surface area (Å²) in [5.74, 6) is -0.445. The number of ether oxygens (including phenoxy) is 1. The molecule has 2 amide bonds. The summed E-state index contributed by atoms with van der Waals surface area (Å²) in [7, 11) is 0. The Hall–Kier alpha value is -4.57. The molecule has 0 bridgehead atoms. The van der Waals surface area contributed by atoms with E-state index < -0.39 is 5.41 Å². The van der Waals surface area contributed by atoms with Gasteiger partial charge in [-0.1, -0.05) is 48.9 Å². The molecule has 1 saturated carbocycles. The second-order valence-electron chi connectivity index (χ2n) is 12.7. The minimum absolute atomic E-state index is 0.216. The average molecular weight is 653 g/mol. The minimum Gasteiger partial charge on any atom is -0.381 e. The van der Waals surface area contributed by atoms with E-state index in [1.807, 2.05) is 16.9 Å². The molecule has 4 aromatic rings. The largest absolute Gasteiger partial charge is 0.381 e. The van der Waals surface area contributed by atoms with Crippen molar-refractivity contribution in [3.8, 4) is 11.1 Å². The molecular formula is C38H48N6O4. The van der Waals surface area contributed by atoms with E-state index in [2.05, 4.69) is 85.1 Å². The molecule has 0 radical (unpaired) electrons. The molecule has 2 fully saturated rings. The Morgan fingerprint density at radius 1 is 1.02 bits per heavy atom. The number of amides is 2. The van der Waals surface area contributed by atoms with Crippen LogP contribution in [0, 0.1) is 19.3 Å². The number of carbonyl (C=O) groups is 3. The summed E-state index contributed by atoms with van der Waals surface area (Å²) in [5, 5.41) is 15.5. The van der Waals surface area contributed by atoms with Crippen LogP contribution in [0.3, 0.4) is 0 Å². The molecule has 10 nitrogen and oxygen atoms in total. The van der Waals surface area contributed by atoms with Crippen LogP contribution in [-0.2, 0) is 45.2 Å². The molecule has 48 heavy (non-hydrogen) atoms. The fourth-order valence-corrected chi connectivity index (χ4v) is 6.37. The van der Waals surface area contributed by atoms with Crippen molar-refractivity contribution < 1.29 is 19.1 Å². The van der Waals surface area contributed by atoms with Crippen molar-refractivity contribution >= 4 is 34.8 Å². The lowest BCUT2D eigenvalue weighted by molar-refractivity contribution is -0.137. The molecule has 3 N–H and O–H groups in total. The molecule has 2 aliphatic rings. The van der Waals surface area contributed by atoms with E-state index in [-0.39, 0.29) is 17.9 Å². The number of benzene rings is 2. The van der Waals surface area contributed by atoms with Gasteiger partial charge in [-0.25, -0.2) is 9.67 Å². The number of pyridine rings is 1. The van der Waals surface area contributed by atoms with Crippen molar-refractivity contribution in [2.24, 2.45) is 5.41 Å².